The smallest absolute Gasteiger partial charge is 0.0704 e. The van der Waals surface area contributed by atoms with Crippen molar-refractivity contribution in [3.63, 3.8) is 0 Å². The Kier molecular flexibility index (Phi) is 8.40. The largest absolute Gasteiger partial charge is 0.379 e. The van der Waals surface area contributed by atoms with E-state index in [9.17, 15) is 0 Å². The summed E-state index contributed by atoms with van der Waals surface area (Å²) in [6.45, 7) is 8.24. The van der Waals surface area contributed by atoms with Gasteiger partial charge in [-0.1, -0.05) is 13.3 Å². The van der Waals surface area contributed by atoms with Gasteiger partial charge in [0.25, 0.3) is 0 Å². The molecule has 0 spiro atoms. The number of hydrogen-bond acceptors (Lipinski definition) is 3. The highest BCUT2D eigenvalue weighted by Gasteiger charge is 2.06. The van der Waals surface area contributed by atoms with Crippen LogP contribution in [-0.4, -0.2) is 32.0 Å². The third-order valence-corrected chi connectivity index (χ3v) is 1.99. The molecule has 3 heteroatoms. The first-order chi connectivity index (χ1) is 6.18. The van der Waals surface area contributed by atoms with Gasteiger partial charge in [-0.25, -0.2) is 0 Å². The molecule has 0 saturated carbocycles. The summed E-state index contributed by atoms with van der Waals surface area (Å²) in [6, 6.07) is 0.0932. The van der Waals surface area contributed by atoms with E-state index in [0.29, 0.717) is 13.2 Å². The zero-order chi connectivity index (χ0) is 10.1. The lowest BCUT2D eigenvalue weighted by Crippen LogP contribution is -2.32. The van der Waals surface area contributed by atoms with Crippen LogP contribution in [0.15, 0.2) is 0 Å². The maximum absolute atomic E-state index is 5.63. The standard InChI is InChI=1S/C10H23NO2/c1-4-5-6-12-7-8-13-10(3)9(2)11/h9-10H,4-8,11H2,1-3H3. The van der Waals surface area contributed by atoms with Crippen LogP contribution in [0.4, 0.5) is 0 Å². The van der Waals surface area contributed by atoms with Crippen LogP contribution in [0.2, 0.25) is 0 Å². The Morgan fingerprint density at radius 3 is 2.38 bits per heavy atom. The Balaban J connectivity index is 3.07. The highest BCUT2D eigenvalue weighted by Crippen LogP contribution is 1.95. The van der Waals surface area contributed by atoms with Crippen LogP contribution in [0.25, 0.3) is 0 Å². The van der Waals surface area contributed by atoms with Crippen molar-refractivity contribution in [2.24, 2.45) is 5.73 Å². The summed E-state index contributed by atoms with van der Waals surface area (Å²) in [5.74, 6) is 0. The molecule has 0 rings (SSSR count). The van der Waals surface area contributed by atoms with Gasteiger partial charge in [0.05, 0.1) is 19.3 Å². The normalized spacial score (nSPS) is 15.7. The zero-order valence-corrected chi connectivity index (χ0v) is 9.08. The van der Waals surface area contributed by atoms with Gasteiger partial charge in [-0.2, -0.15) is 0 Å². The SMILES string of the molecule is CCCCOCCOC(C)C(C)N. The molecule has 0 amide bonds. The number of ether oxygens (including phenoxy) is 2. The van der Waals surface area contributed by atoms with Gasteiger partial charge < -0.3 is 15.2 Å². The second-order valence-corrected chi connectivity index (χ2v) is 3.40. The highest BCUT2D eigenvalue weighted by molar-refractivity contribution is 4.61. The van der Waals surface area contributed by atoms with Crippen LogP contribution in [-0.2, 0) is 9.47 Å². The van der Waals surface area contributed by atoms with Crippen LogP contribution in [0.3, 0.4) is 0 Å². The van der Waals surface area contributed by atoms with E-state index in [4.69, 9.17) is 15.2 Å². The fraction of sp³-hybridized carbons (Fsp3) is 1.00. The van der Waals surface area contributed by atoms with E-state index in [-0.39, 0.29) is 12.1 Å². The summed E-state index contributed by atoms with van der Waals surface area (Å²) in [5, 5.41) is 0. The maximum atomic E-state index is 5.63. The van der Waals surface area contributed by atoms with E-state index in [1.165, 1.54) is 6.42 Å². The first-order valence-corrected chi connectivity index (χ1v) is 5.13. The van der Waals surface area contributed by atoms with Gasteiger partial charge in [-0.15, -0.1) is 0 Å². The molecule has 80 valence electrons. The van der Waals surface area contributed by atoms with Crippen molar-refractivity contribution in [3.8, 4) is 0 Å². The summed E-state index contributed by atoms with van der Waals surface area (Å²) in [4.78, 5) is 0. The monoisotopic (exact) mass is 189 g/mol. The fourth-order valence-electron chi connectivity index (χ4n) is 0.793. The Labute approximate surface area is 81.6 Å². The Morgan fingerprint density at radius 2 is 1.85 bits per heavy atom. The molecule has 0 aliphatic carbocycles. The predicted octanol–water partition coefficient (Wildman–Crippen LogP) is 1.56. The topological polar surface area (TPSA) is 44.5 Å². The van der Waals surface area contributed by atoms with Crippen LogP contribution < -0.4 is 5.73 Å². The first-order valence-electron chi connectivity index (χ1n) is 5.13. The number of unbranched alkanes of at least 4 members (excludes halogenated alkanes) is 1. The van der Waals surface area contributed by atoms with Gasteiger partial charge in [-0.3, -0.25) is 0 Å². The number of nitrogens with two attached hydrogens (primary N) is 1. The van der Waals surface area contributed by atoms with Crippen molar-refractivity contribution in [1.82, 2.24) is 0 Å². The minimum Gasteiger partial charge on any atom is -0.379 e. The third-order valence-electron chi connectivity index (χ3n) is 1.99. The lowest BCUT2D eigenvalue weighted by Gasteiger charge is -2.16. The van der Waals surface area contributed by atoms with Crippen molar-refractivity contribution in [3.05, 3.63) is 0 Å². The minimum absolute atomic E-state index is 0.0932. The molecule has 0 aliphatic heterocycles. The Morgan fingerprint density at radius 1 is 1.15 bits per heavy atom. The van der Waals surface area contributed by atoms with E-state index in [1.807, 2.05) is 13.8 Å². The molecule has 13 heavy (non-hydrogen) atoms. The molecular weight excluding hydrogens is 166 g/mol. The number of rotatable bonds is 8. The molecule has 2 unspecified atom stereocenters. The van der Waals surface area contributed by atoms with Crippen LogP contribution >= 0.6 is 0 Å². The zero-order valence-electron chi connectivity index (χ0n) is 9.08. The summed E-state index contributed by atoms with van der Waals surface area (Å²) in [7, 11) is 0. The van der Waals surface area contributed by atoms with Crippen molar-refractivity contribution in [2.75, 3.05) is 19.8 Å². The molecule has 0 radical (unpaired) electrons. The molecule has 0 heterocycles. The predicted molar refractivity (Wildman–Crippen MR) is 54.8 cm³/mol. The van der Waals surface area contributed by atoms with Gasteiger partial charge in [0.15, 0.2) is 0 Å². The molecule has 0 fully saturated rings. The summed E-state index contributed by atoms with van der Waals surface area (Å²) in [6.07, 6.45) is 2.43. The molecule has 2 atom stereocenters. The van der Waals surface area contributed by atoms with E-state index >= 15 is 0 Å². The van der Waals surface area contributed by atoms with E-state index < -0.39 is 0 Å². The van der Waals surface area contributed by atoms with Gasteiger partial charge >= 0.3 is 0 Å². The van der Waals surface area contributed by atoms with E-state index in [2.05, 4.69) is 6.92 Å². The fourth-order valence-corrected chi connectivity index (χ4v) is 0.793. The summed E-state index contributed by atoms with van der Waals surface area (Å²) >= 11 is 0. The molecule has 3 nitrogen and oxygen atoms in total. The second-order valence-electron chi connectivity index (χ2n) is 3.40. The number of hydrogen-bond donors (Lipinski definition) is 1. The van der Waals surface area contributed by atoms with Crippen molar-refractivity contribution in [2.45, 2.75) is 45.8 Å². The molecule has 0 aromatic rings. The summed E-state index contributed by atoms with van der Waals surface area (Å²) < 4.78 is 10.8. The van der Waals surface area contributed by atoms with Gasteiger partial charge in [0, 0.05) is 12.6 Å². The van der Waals surface area contributed by atoms with E-state index in [1.54, 1.807) is 0 Å². The average molecular weight is 189 g/mol. The van der Waals surface area contributed by atoms with Gasteiger partial charge in [0.2, 0.25) is 0 Å². The average Bonchev–Trinajstić information content (AvgIpc) is 2.10. The van der Waals surface area contributed by atoms with Gasteiger partial charge in [0.1, 0.15) is 0 Å². The molecule has 2 N–H and O–H groups in total. The minimum atomic E-state index is 0.0932. The Bertz CT molecular complexity index is 107. The van der Waals surface area contributed by atoms with Crippen LogP contribution in [0.5, 0.6) is 0 Å². The van der Waals surface area contributed by atoms with Gasteiger partial charge in [-0.05, 0) is 20.3 Å². The second kappa shape index (κ2) is 8.48. The van der Waals surface area contributed by atoms with Crippen molar-refractivity contribution in [1.29, 1.82) is 0 Å². The quantitative estimate of drug-likeness (QED) is 0.589. The molecule has 0 aromatic heterocycles. The maximum Gasteiger partial charge on any atom is 0.0704 e. The Hall–Kier alpha value is -0.120. The lowest BCUT2D eigenvalue weighted by atomic mass is 10.2. The van der Waals surface area contributed by atoms with Crippen LogP contribution in [0, 0.1) is 0 Å². The molecule has 0 saturated heterocycles. The molecule has 0 aliphatic rings. The van der Waals surface area contributed by atoms with Crippen molar-refractivity contribution >= 4 is 0 Å². The highest BCUT2D eigenvalue weighted by atomic mass is 16.5. The molecule has 0 aromatic carbocycles. The first kappa shape index (κ1) is 12.9. The summed E-state index contributed by atoms with van der Waals surface area (Å²) in [5.41, 5.74) is 5.63. The lowest BCUT2D eigenvalue weighted by molar-refractivity contribution is 0.00414. The third kappa shape index (κ3) is 8.22. The molecular formula is C10H23NO2. The van der Waals surface area contributed by atoms with Crippen molar-refractivity contribution < 1.29 is 9.47 Å². The van der Waals surface area contributed by atoms with E-state index in [0.717, 1.165) is 13.0 Å². The molecule has 0 bridgehead atoms. The van der Waals surface area contributed by atoms with Crippen LogP contribution in [0.1, 0.15) is 33.6 Å².